The quantitative estimate of drug-likeness (QED) is 0.696. The highest BCUT2D eigenvalue weighted by Gasteiger charge is 2.54. The molecule has 2 rings (SSSR count). The fourth-order valence-electron chi connectivity index (χ4n) is 2.12. The fourth-order valence-corrected chi connectivity index (χ4v) is 3.85. The molecule has 3 atom stereocenters. The first-order chi connectivity index (χ1) is 7.91. The molecule has 7 heteroatoms. The molecule has 0 saturated carbocycles. The number of aliphatic carboxylic acids is 1. The third kappa shape index (κ3) is 1.99. The molecule has 1 N–H and O–H groups in total. The number of thioether (sulfide) groups is 1. The summed E-state index contributed by atoms with van der Waals surface area (Å²) in [5.41, 5.74) is 0. The summed E-state index contributed by atoms with van der Waals surface area (Å²) in [7, 11) is 1.64. The Kier molecular flexibility index (Phi) is 3.03. The summed E-state index contributed by atoms with van der Waals surface area (Å²) in [6.07, 6.45) is 0.411. The molecule has 0 aromatic heterocycles. The smallest absolute Gasteiger partial charge is 0.327 e. The minimum atomic E-state index is -0.991. The van der Waals surface area contributed by atoms with Gasteiger partial charge in [0.2, 0.25) is 11.8 Å². The van der Waals surface area contributed by atoms with Gasteiger partial charge in [0.25, 0.3) is 0 Å². The second-order valence-electron chi connectivity index (χ2n) is 4.32. The summed E-state index contributed by atoms with van der Waals surface area (Å²) >= 11 is 1.48. The van der Waals surface area contributed by atoms with Gasteiger partial charge in [-0.05, 0) is 0 Å². The van der Waals surface area contributed by atoms with Crippen molar-refractivity contribution in [1.29, 1.82) is 0 Å². The topological polar surface area (TPSA) is 77.9 Å². The summed E-state index contributed by atoms with van der Waals surface area (Å²) in [5.74, 6) is -1.20. The van der Waals surface area contributed by atoms with Crippen LogP contribution in [0.5, 0.6) is 0 Å². The second kappa shape index (κ2) is 4.21. The highest BCUT2D eigenvalue weighted by molar-refractivity contribution is 8.01. The zero-order chi connectivity index (χ0) is 12.7. The average molecular weight is 258 g/mol. The van der Waals surface area contributed by atoms with Crippen LogP contribution in [-0.4, -0.2) is 62.9 Å². The van der Waals surface area contributed by atoms with E-state index in [0.717, 1.165) is 0 Å². The number of carbonyl (C=O) groups excluding carboxylic acids is 2. The predicted octanol–water partition coefficient (Wildman–Crippen LogP) is -0.408. The number of carbonyl (C=O) groups is 3. The summed E-state index contributed by atoms with van der Waals surface area (Å²) in [5, 5.41) is 8.91. The zero-order valence-corrected chi connectivity index (χ0v) is 10.4. The number of hydrogen-bond acceptors (Lipinski definition) is 4. The number of fused-ring (bicyclic) bond motifs is 1. The molecule has 3 unspecified atom stereocenters. The van der Waals surface area contributed by atoms with Gasteiger partial charge in [-0.25, -0.2) is 4.79 Å². The van der Waals surface area contributed by atoms with Crippen molar-refractivity contribution in [1.82, 2.24) is 9.80 Å². The van der Waals surface area contributed by atoms with Gasteiger partial charge in [-0.1, -0.05) is 0 Å². The van der Waals surface area contributed by atoms with Gasteiger partial charge in [0.15, 0.2) is 0 Å². The Morgan fingerprint density at radius 1 is 1.59 bits per heavy atom. The van der Waals surface area contributed by atoms with Crippen molar-refractivity contribution in [2.24, 2.45) is 0 Å². The molecule has 0 aromatic carbocycles. The molecule has 0 spiro atoms. The van der Waals surface area contributed by atoms with Crippen LogP contribution in [0.4, 0.5) is 0 Å². The van der Waals surface area contributed by atoms with E-state index in [2.05, 4.69) is 0 Å². The zero-order valence-electron chi connectivity index (χ0n) is 9.62. The van der Waals surface area contributed by atoms with E-state index in [4.69, 9.17) is 5.11 Å². The Morgan fingerprint density at radius 3 is 2.71 bits per heavy atom. The first kappa shape index (κ1) is 12.2. The molecule has 2 heterocycles. The van der Waals surface area contributed by atoms with Crippen molar-refractivity contribution >= 4 is 29.5 Å². The van der Waals surface area contributed by atoms with E-state index in [1.54, 1.807) is 7.05 Å². The third-order valence-corrected chi connectivity index (χ3v) is 4.64. The molecular weight excluding hydrogens is 244 g/mol. The SMILES string of the molecule is CC(=O)N(C)CC1SC2CC(=O)N2C1C(=O)O. The summed E-state index contributed by atoms with van der Waals surface area (Å²) < 4.78 is 0. The maximum Gasteiger partial charge on any atom is 0.327 e. The van der Waals surface area contributed by atoms with Gasteiger partial charge >= 0.3 is 5.97 Å². The van der Waals surface area contributed by atoms with Crippen LogP contribution in [0.3, 0.4) is 0 Å². The van der Waals surface area contributed by atoms with Crippen LogP contribution < -0.4 is 0 Å². The summed E-state index contributed by atoms with van der Waals surface area (Å²) in [4.78, 5) is 36.6. The van der Waals surface area contributed by atoms with Crippen LogP contribution in [0.15, 0.2) is 0 Å². The minimum absolute atomic E-state index is 0.0195. The van der Waals surface area contributed by atoms with Gasteiger partial charge in [-0.15, -0.1) is 11.8 Å². The maximum atomic E-state index is 11.4. The maximum absolute atomic E-state index is 11.4. The Hall–Kier alpha value is -1.24. The van der Waals surface area contributed by atoms with Gasteiger partial charge in [0, 0.05) is 20.5 Å². The van der Waals surface area contributed by atoms with Crippen molar-refractivity contribution < 1.29 is 19.5 Å². The van der Waals surface area contributed by atoms with Gasteiger partial charge < -0.3 is 14.9 Å². The molecule has 6 nitrogen and oxygen atoms in total. The molecule has 0 aliphatic carbocycles. The molecule has 2 aliphatic heterocycles. The molecule has 0 bridgehead atoms. The minimum Gasteiger partial charge on any atom is -0.480 e. The standard InChI is InChI=1S/C10H14N2O4S/c1-5(13)11(2)4-6-9(10(15)16)12-7(14)3-8(12)17-6/h6,8-9H,3-4H2,1-2H3,(H,15,16). The van der Waals surface area contributed by atoms with E-state index in [1.165, 1.54) is 28.5 Å². The van der Waals surface area contributed by atoms with Crippen LogP contribution in [0, 0.1) is 0 Å². The van der Waals surface area contributed by atoms with Crippen molar-refractivity contribution in [2.75, 3.05) is 13.6 Å². The lowest BCUT2D eigenvalue weighted by Crippen LogP contribution is -2.56. The monoisotopic (exact) mass is 258 g/mol. The van der Waals surface area contributed by atoms with Crippen LogP contribution in [0.25, 0.3) is 0 Å². The van der Waals surface area contributed by atoms with Gasteiger partial charge in [0.05, 0.1) is 17.0 Å². The van der Waals surface area contributed by atoms with E-state index < -0.39 is 12.0 Å². The Morgan fingerprint density at radius 2 is 2.24 bits per heavy atom. The molecule has 17 heavy (non-hydrogen) atoms. The molecule has 0 aromatic rings. The van der Waals surface area contributed by atoms with Crippen molar-refractivity contribution in [3.05, 3.63) is 0 Å². The van der Waals surface area contributed by atoms with Gasteiger partial charge in [-0.2, -0.15) is 0 Å². The number of rotatable bonds is 3. The summed E-state index contributed by atoms with van der Waals surface area (Å²) in [6, 6.07) is -0.798. The second-order valence-corrected chi connectivity index (χ2v) is 5.74. The molecule has 2 aliphatic rings. The molecule has 2 saturated heterocycles. The molecule has 0 radical (unpaired) electrons. The third-order valence-electron chi connectivity index (χ3n) is 3.18. The van der Waals surface area contributed by atoms with E-state index >= 15 is 0 Å². The van der Waals surface area contributed by atoms with Gasteiger partial charge in [0.1, 0.15) is 6.04 Å². The number of β-lactam (4-membered cyclic amide) rings is 1. The number of hydrogen-bond donors (Lipinski definition) is 1. The Balaban J connectivity index is 2.09. The van der Waals surface area contributed by atoms with Crippen molar-refractivity contribution in [3.63, 3.8) is 0 Å². The molecule has 2 amide bonds. The van der Waals surface area contributed by atoms with E-state index in [1.807, 2.05) is 0 Å². The van der Waals surface area contributed by atoms with Crippen molar-refractivity contribution in [2.45, 2.75) is 30.0 Å². The number of amides is 2. The lowest BCUT2D eigenvalue weighted by molar-refractivity contribution is -0.156. The molecular formula is C10H14N2O4S. The largest absolute Gasteiger partial charge is 0.480 e. The average Bonchev–Trinajstić information content (AvgIpc) is 2.51. The van der Waals surface area contributed by atoms with E-state index in [-0.39, 0.29) is 22.4 Å². The van der Waals surface area contributed by atoms with Crippen LogP contribution in [0.1, 0.15) is 13.3 Å². The molecule has 94 valence electrons. The predicted molar refractivity (Wildman–Crippen MR) is 61.4 cm³/mol. The highest BCUT2D eigenvalue weighted by atomic mass is 32.2. The van der Waals surface area contributed by atoms with Crippen molar-refractivity contribution in [3.8, 4) is 0 Å². The van der Waals surface area contributed by atoms with Crippen LogP contribution >= 0.6 is 11.8 Å². The van der Waals surface area contributed by atoms with E-state index in [0.29, 0.717) is 13.0 Å². The fraction of sp³-hybridized carbons (Fsp3) is 0.700. The molecule has 2 fully saturated rings. The first-order valence-electron chi connectivity index (χ1n) is 5.33. The lowest BCUT2D eigenvalue weighted by Gasteiger charge is -2.36. The Bertz CT molecular complexity index is 387. The van der Waals surface area contributed by atoms with E-state index in [9.17, 15) is 14.4 Å². The summed E-state index contributed by atoms with van der Waals surface area (Å²) in [6.45, 7) is 1.80. The lowest BCUT2D eigenvalue weighted by atomic mass is 10.1. The normalized spacial score (nSPS) is 30.8. The van der Waals surface area contributed by atoms with Crippen LogP contribution in [-0.2, 0) is 14.4 Å². The van der Waals surface area contributed by atoms with Gasteiger partial charge in [-0.3, -0.25) is 9.59 Å². The number of carboxylic acid groups (broad SMARTS) is 1. The Labute approximate surface area is 103 Å². The van der Waals surface area contributed by atoms with Crippen LogP contribution in [0.2, 0.25) is 0 Å². The number of carboxylic acids is 1. The number of nitrogens with zero attached hydrogens (tertiary/aromatic N) is 2. The first-order valence-corrected chi connectivity index (χ1v) is 6.27. The highest BCUT2D eigenvalue weighted by Crippen LogP contribution is 2.44.